The van der Waals surface area contributed by atoms with Gasteiger partial charge in [-0.3, -0.25) is 0 Å². The second-order valence-corrected chi connectivity index (χ2v) is 5.89. The first-order valence-corrected chi connectivity index (χ1v) is 7.97. The summed E-state index contributed by atoms with van der Waals surface area (Å²) >= 11 is 0. The number of phenols is 1. The van der Waals surface area contributed by atoms with Crippen molar-refractivity contribution in [1.29, 1.82) is 0 Å². The SMILES string of the molecule is Oc1ccc2ccccc2c1CNC1CCOc2ccccc21. The Kier molecular flexibility index (Phi) is 3.64. The van der Waals surface area contributed by atoms with E-state index < -0.39 is 0 Å². The van der Waals surface area contributed by atoms with Gasteiger partial charge in [0.15, 0.2) is 0 Å². The number of ether oxygens (including phenoxy) is 1. The maximum Gasteiger partial charge on any atom is 0.124 e. The van der Waals surface area contributed by atoms with Crippen LogP contribution in [0.3, 0.4) is 0 Å². The van der Waals surface area contributed by atoms with Gasteiger partial charge in [0.1, 0.15) is 11.5 Å². The van der Waals surface area contributed by atoms with E-state index in [1.807, 2.05) is 36.4 Å². The van der Waals surface area contributed by atoms with Crippen LogP contribution in [0.25, 0.3) is 10.8 Å². The van der Waals surface area contributed by atoms with Crippen molar-refractivity contribution >= 4 is 10.8 Å². The second kappa shape index (κ2) is 5.94. The number of para-hydroxylation sites is 1. The van der Waals surface area contributed by atoms with Gasteiger partial charge >= 0.3 is 0 Å². The lowest BCUT2D eigenvalue weighted by Crippen LogP contribution is -2.26. The molecular weight excluding hydrogens is 286 g/mol. The molecular formula is C20H19NO2. The lowest BCUT2D eigenvalue weighted by Gasteiger charge is -2.27. The van der Waals surface area contributed by atoms with E-state index in [-0.39, 0.29) is 6.04 Å². The Morgan fingerprint density at radius 3 is 2.78 bits per heavy atom. The molecule has 0 bridgehead atoms. The molecule has 0 aliphatic carbocycles. The summed E-state index contributed by atoms with van der Waals surface area (Å²) in [6.07, 6.45) is 0.933. The quantitative estimate of drug-likeness (QED) is 0.763. The molecule has 1 aliphatic rings. The van der Waals surface area contributed by atoms with E-state index in [0.717, 1.165) is 35.1 Å². The molecule has 1 heterocycles. The molecule has 23 heavy (non-hydrogen) atoms. The van der Waals surface area contributed by atoms with Gasteiger partial charge in [-0.1, -0.05) is 48.5 Å². The van der Waals surface area contributed by atoms with Crippen LogP contribution < -0.4 is 10.1 Å². The lowest BCUT2D eigenvalue weighted by molar-refractivity contribution is 0.252. The van der Waals surface area contributed by atoms with Crippen LogP contribution in [0, 0.1) is 0 Å². The van der Waals surface area contributed by atoms with Crippen molar-refractivity contribution < 1.29 is 9.84 Å². The molecule has 0 fully saturated rings. The molecule has 0 saturated heterocycles. The van der Waals surface area contributed by atoms with Gasteiger partial charge in [-0.25, -0.2) is 0 Å². The minimum absolute atomic E-state index is 0.248. The summed E-state index contributed by atoms with van der Waals surface area (Å²) in [6, 6.07) is 20.3. The van der Waals surface area contributed by atoms with Crippen LogP contribution in [0.15, 0.2) is 60.7 Å². The van der Waals surface area contributed by atoms with Crippen LogP contribution >= 0.6 is 0 Å². The fraction of sp³-hybridized carbons (Fsp3) is 0.200. The summed E-state index contributed by atoms with van der Waals surface area (Å²) in [5.74, 6) is 1.30. The smallest absolute Gasteiger partial charge is 0.124 e. The molecule has 3 nitrogen and oxygen atoms in total. The van der Waals surface area contributed by atoms with E-state index in [4.69, 9.17) is 4.74 Å². The van der Waals surface area contributed by atoms with Gasteiger partial charge in [0, 0.05) is 30.1 Å². The molecule has 3 aromatic rings. The number of fused-ring (bicyclic) bond motifs is 2. The molecule has 1 aliphatic heterocycles. The second-order valence-electron chi connectivity index (χ2n) is 5.89. The first-order chi connectivity index (χ1) is 11.3. The fourth-order valence-corrected chi connectivity index (χ4v) is 3.29. The maximum absolute atomic E-state index is 10.3. The van der Waals surface area contributed by atoms with Crippen LogP contribution in [-0.4, -0.2) is 11.7 Å². The number of benzene rings is 3. The van der Waals surface area contributed by atoms with Crippen LogP contribution in [0.2, 0.25) is 0 Å². The molecule has 2 N–H and O–H groups in total. The number of hydrogen-bond donors (Lipinski definition) is 2. The number of rotatable bonds is 3. The van der Waals surface area contributed by atoms with Crippen LogP contribution in [0.4, 0.5) is 0 Å². The lowest BCUT2D eigenvalue weighted by atomic mass is 9.99. The third-order valence-electron chi connectivity index (χ3n) is 4.50. The van der Waals surface area contributed by atoms with Crippen molar-refractivity contribution in [2.24, 2.45) is 0 Å². The summed E-state index contributed by atoms with van der Waals surface area (Å²) in [5.41, 5.74) is 2.14. The summed E-state index contributed by atoms with van der Waals surface area (Å²) in [5, 5.41) is 16.1. The topological polar surface area (TPSA) is 41.5 Å². The van der Waals surface area contributed by atoms with Crippen molar-refractivity contribution in [3.63, 3.8) is 0 Å². The number of nitrogens with one attached hydrogen (secondary N) is 1. The largest absolute Gasteiger partial charge is 0.508 e. The third kappa shape index (κ3) is 2.64. The van der Waals surface area contributed by atoms with Gasteiger partial charge in [0.05, 0.1) is 6.61 Å². The third-order valence-corrected chi connectivity index (χ3v) is 4.50. The molecule has 0 aromatic heterocycles. The highest BCUT2D eigenvalue weighted by molar-refractivity contribution is 5.87. The van der Waals surface area contributed by atoms with Crippen molar-refractivity contribution in [3.8, 4) is 11.5 Å². The average Bonchev–Trinajstić information content (AvgIpc) is 2.61. The van der Waals surface area contributed by atoms with Gasteiger partial charge in [0.25, 0.3) is 0 Å². The van der Waals surface area contributed by atoms with E-state index in [0.29, 0.717) is 12.3 Å². The highest BCUT2D eigenvalue weighted by Crippen LogP contribution is 2.33. The van der Waals surface area contributed by atoms with Gasteiger partial charge < -0.3 is 15.2 Å². The Bertz CT molecular complexity index is 844. The van der Waals surface area contributed by atoms with Crippen molar-refractivity contribution in [2.45, 2.75) is 19.0 Å². The minimum atomic E-state index is 0.248. The Morgan fingerprint density at radius 2 is 1.83 bits per heavy atom. The van der Waals surface area contributed by atoms with E-state index in [1.54, 1.807) is 6.07 Å². The molecule has 0 saturated carbocycles. The monoisotopic (exact) mass is 305 g/mol. The molecule has 0 radical (unpaired) electrons. The zero-order valence-corrected chi connectivity index (χ0v) is 12.8. The molecule has 1 unspecified atom stereocenters. The van der Waals surface area contributed by atoms with Crippen LogP contribution in [0.5, 0.6) is 11.5 Å². The molecule has 0 spiro atoms. The van der Waals surface area contributed by atoms with Crippen LogP contribution in [0.1, 0.15) is 23.6 Å². The van der Waals surface area contributed by atoms with Gasteiger partial charge in [-0.2, -0.15) is 0 Å². The van der Waals surface area contributed by atoms with E-state index in [2.05, 4.69) is 23.5 Å². The summed E-state index contributed by atoms with van der Waals surface area (Å²) in [6.45, 7) is 1.35. The van der Waals surface area contributed by atoms with Gasteiger partial charge in [0.2, 0.25) is 0 Å². The normalized spacial score (nSPS) is 16.8. The Morgan fingerprint density at radius 1 is 1.00 bits per heavy atom. The van der Waals surface area contributed by atoms with Crippen molar-refractivity contribution in [1.82, 2.24) is 5.32 Å². The maximum atomic E-state index is 10.3. The molecule has 0 amide bonds. The van der Waals surface area contributed by atoms with E-state index in [1.165, 1.54) is 5.56 Å². The highest BCUT2D eigenvalue weighted by Gasteiger charge is 2.21. The first kappa shape index (κ1) is 14.1. The molecule has 4 rings (SSSR count). The zero-order chi connectivity index (χ0) is 15.6. The number of aromatic hydroxyl groups is 1. The fourth-order valence-electron chi connectivity index (χ4n) is 3.29. The molecule has 3 aromatic carbocycles. The van der Waals surface area contributed by atoms with E-state index >= 15 is 0 Å². The summed E-state index contributed by atoms with van der Waals surface area (Å²) in [7, 11) is 0. The minimum Gasteiger partial charge on any atom is -0.508 e. The Hall–Kier alpha value is -2.52. The van der Waals surface area contributed by atoms with Gasteiger partial charge in [-0.15, -0.1) is 0 Å². The van der Waals surface area contributed by atoms with Crippen molar-refractivity contribution in [2.75, 3.05) is 6.61 Å². The average molecular weight is 305 g/mol. The number of hydrogen-bond acceptors (Lipinski definition) is 3. The molecule has 116 valence electrons. The van der Waals surface area contributed by atoms with Gasteiger partial charge in [-0.05, 0) is 22.9 Å². The van der Waals surface area contributed by atoms with Crippen molar-refractivity contribution in [3.05, 3.63) is 71.8 Å². The Labute approximate surface area is 135 Å². The van der Waals surface area contributed by atoms with Crippen LogP contribution in [-0.2, 0) is 6.54 Å². The Balaban J connectivity index is 1.62. The predicted octanol–water partition coefficient (Wildman–Crippen LogP) is 4.16. The zero-order valence-electron chi connectivity index (χ0n) is 12.8. The number of phenolic OH excluding ortho intramolecular Hbond substituents is 1. The van der Waals surface area contributed by atoms with E-state index in [9.17, 15) is 5.11 Å². The first-order valence-electron chi connectivity index (χ1n) is 7.97. The molecule has 3 heteroatoms. The standard InChI is InChI=1S/C20H19NO2/c22-19-10-9-14-5-1-2-6-15(14)17(19)13-21-18-11-12-23-20-8-4-3-7-16(18)20/h1-10,18,21-22H,11-13H2. The summed E-state index contributed by atoms with van der Waals surface area (Å²) < 4.78 is 5.71. The predicted molar refractivity (Wildman–Crippen MR) is 91.7 cm³/mol. The highest BCUT2D eigenvalue weighted by atomic mass is 16.5. The summed E-state index contributed by atoms with van der Waals surface area (Å²) in [4.78, 5) is 0. The molecule has 1 atom stereocenters.